The maximum absolute atomic E-state index is 12.4. The van der Waals surface area contributed by atoms with Crippen LogP contribution in [0, 0.1) is 0 Å². The molecule has 2 heterocycles. The number of rotatable bonds is 4. The summed E-state index contributed by atoms with van der Waals surface area (Å²) in [6.07, 6.45) is 1.02. The number of amides is 2. The molecule has 1 aromatic carbocycles. The minimum absolute atomic E-state index is 0.0788. The summed E-state index contributed by atoms with van der Waals surface area (Å²) >= 11 is 0. The van der Waals surface area contributed by atoms with Crippen molar-refractivity contribution in [2.24, 2.45) is 0 Å². The Morgan fingerprint density at radius 2 is 2.17 bits per heavy atom. The number of nitrogens with one attached hydrogen (secondary N) is 1. The number of esters is 1. The predicted molar refractivity (Wildman–Crippen MR) is 87.5 cm³/mol. The number of hydrogen-bond acceptors (Lipinski definition) is 4. The molecule has 1 N–H and O–H groups in total. The number of urea groups is 1. The van der Waals surface area contributed by atoms with E-state index in [4.69, 9.17) is 4.74 Å². The van der Waals surface area contributed by atoms with E-state index in [-0.39, 0.29) is 18.6 Å². The Bertz CT molecular complexity index is 613. The fourth-order valence-corrected chi connectivity index (χ4v) is 3.38. The summed E-state index contributed by atoms with van der Waals surface area (Å²) in [7, 11) is 0. The number of anilines is 1. The van der Waals surface area contributed by atoms with Gasteiger partial charge in [0.25, 0.3) is 0 Å². The molecular weight excluding hydrogens is 294 g/mol. The lowest BCUT2D eigenvalue weighted by Gasteiger charge is -2.26. The molecule has 1 unspecified atom stereocenters. The fraction of sp³-hybridized carbons (Fsp3) is 0.529. The zero-order chi connectivity index (χ0) is 16.4. The Hall–Kier alpha value is -2.08. The Morgan fingerprint density at radius 3 is 2.91 bits per heavy atom. The second kappa shape index (κ2) is 6.58. The molecule has 0 saturated carbocycles. The minimum atomic E-state index is -0.292. The van der Waals surface area contributed by atoms with Crippen LogP contribution in [0.25, 0.3) is 0 Å². The highest BCUT2D eigenvalue weighted by Crippen LogP contribution is 2.24. The number of fused-ring (bicyclic) bond motifs is 1. The van der Waals surface area contributed by atoms with Gasteiger partial charge in [0.1, 0.15) is 6.61 Å². The first-order valence-electron chi connectivity index (χ1n) is 8.22. The molecule has 2 aliphatic heterocycles. The van der Waals surface area contributed by atoms with Gasteiger partial charge in [-0.15, -0.1) is 0 Å². The average molecular weight is 317 g/mol. The summed E-state index contributed by atoms with van der Waals surface area (Å²) in [6, 6.07) is 5.65. The zero-order valence-corrected chi connectivity index (χ0v) is 13.7. The van der Waals surface area contributed by atoms with E-state index < -0.39 is 0 Å². The Balaban J connectivity index is 1.61. The topological polar surface area (TPSA) is 61.9 Å². The van der Waals surface area contributed by atoms with Crippen molar-refractivity contribution in [3.05, 3.63) is 29.3 Å². The van der Waals surface area contributed by atoms with Crippen molar-refractivity contribution < 1.29 is 14.3 Å². The van der Waals surface area contributed by atoms with E-state index in [1.807, 2.05) is 11.0 Å². The van der Waals surface area contributed by atoms with Gasteiger partial charge in [0.2, 0.25) is 0 Å². The van der Waals surface area contributed by atoms with Crippen LogP contribution in [0.5, 0.6) is 0 Å². The van der Waals surface area contributed by atoms with Crippen molar-refractivity contribution in [1.29, 1.82) is 0 Å². The predicted octanol–water partition coefficient (Wildman–Crippen LogP) is 2.30. The van der Waals surface area contributed by atoms with Gasteiger partial charge >= 0.3 is 12.0 Å². The van der Waals surface area contributed by atoms with Crippen LogP contribution < -0.4 is 5.32 Å². The quantitative estimate of drug-likeness (QED) is 0.866. The molecule has 6 nitrogen and oxygen atoms in total. The van der Waals surface area contributed by atoms with Crippen molar-refractivity contribution in [1.82, 2.24) is 9.80 Å². The van der Waals surface area contributed by atoms with Crippen LogP contribution in [0.1, 0.15) is 36.2 Å². The van der Waals surface area contributed by atoms with E-state index in [0.29, 0.717) is 17.3 Å². The molecular formula is C17H23N3O3. The van der Waals surface area contributed by atoms with Crippen LogP contribution in [0.2, 0.25) is 0 Å². The lowest BCUT2D eigenvalue weighted by atomic mass is 10.1. The van der Waals surface area contributed by atoms with Gasteiger partial charge in [0, 0.05) is 30.4 Å². The van der Waals surface area contributed by atoms with E-state index in [2.05, 4.69) is 24.1 Å². The number of carbonyl (C=O) groups excluding carboxylic acids is 2. The van der Waals surface area contributed by atoms with Crippen LogP contribution in [-0.4, -0.2) is 54.0 Å². The van der Waals surface area contributed by atoms with Gasteiger partial charge in [-0.25, -0.2) is 9.59 Å². The summed E-state index contributed by atoms with van der Waals surface area (Å²) in [6.45, 7) is 8.15. The maximum Gasteiger partial charge on any atom is 0.338 e. The summed E-state index contributed by atoms with van der Waals surface area (Å²) in [5, 5.41) is 2.93. The van der Waals surface area contributed by atoms with Crippen molar-refractivity contribution >= 4 is 17.7 Å². The van der Waals surface area contributed by atoms with Crippen LogP contribution in [0.15, 0.2) is 18.2 Å². The van der Waals surface area contributed by atoms with Gasteiger partial charge in [0.05, 0.1) is 5.56 Å². The van der Waals surface area contributed by atoms with Crippen LogP contribution >= 0.6 is 0 Å². The molecule has 23 heavy (non-hydrogen) atoms. The van der Waals surface area contributed by atoms with E-state index >= 15 is 0 Å². The normalized spacial score (nSPS) is 19.9. The summed E-state index contributed by atoms with van der Waals surface area (Å²) in [5.41, 5.74) is 2.12. The lowest BCUT2D eigenvalue weighted by molar-refractivity contribution is 0.0535. The summed E-state index contributed by atoms with van der Waals surface area (Å²) < 4.78 is 4.98. The first kappa shape index (κ1) is 15.8. The third-order valence-corrected chi connectivity index (χ3v) is 4.71. The smallest absolute Gasteiger partial charge is 0.338 e. The van der Waals surface area contributed by atoms with Gasteiger partial charge in [-0.1, -0.05) is 13.8 Å². The molecule has 124 valence electrons. The number of hydrogen-bond donors (Lipinski definition) is 1. The molecule has 1 aromatic rings. The number of likely N-dealkylation sites (tertiary alicyclic amines) is 1. The second-order valence-corrected chi connectivity index (χ2v) is 5.99. The highest BCUT2D eigenvalue weighted by Gasteiger charge is 2.29. The molecule has 6 heteroatoms. The fourth-order valence-electron chi connectivity index (χ4n) is 3.38. The standard InChI is InChI=1S/C17H23N3O3/c1-3-19(4-2)14-7-8-20(10-14)17(22)18-13-5-6-15-12(9-13)11-23-16(15)21/h5-6,9,14H,3-4,7-8,10-11H2,1-2H3,(H,18,22). The summed E-state index contributed by atoms with van der Waals surface area (Å²) in [5.74, 6) is -0.292. The molecule has 0 bridgehead atoms. The number of carbonyl (C=O) groups is 2. The Labute approximate surface area is 136 Å². The van der Waals surface area contributed by atoms with Gasteiger partial charge < -0.3 is 15.0 Å². The third-order valence-electron chi connectivity index (χ3n) is 4.71. The molecule has 1 atom stereocenters. The Morgan fingerprint density at radius 1 is 1.39 bits per heavy atom. The SMILES string of the molecule is CCN(CC)C1CCN(C(=O)Nc2ccc3c(c2)COC3=O)C1. The second-order valence-electron chi connectivity index (χ2n) is 5.99. The largest absolute Gasteiger partial charge is 0.457 e. The van der Waals surface area contributed by atoms with E-state index in [9.17, 15) is 9.59 Å². The average Bonchev–Trinajstić information content (AvgIpc) is 3.16. The molecule has 0 spiro atoms. The van der Waals surface area contributed by atoms with Crippen molar-refractivity contribution in [2.45, 2.75) is 32.9 Å². The zero-order valence-electron chi connectivity index (χ0n) is 13.7. The first-order valence-corrected chi connectivity index (χ1v) is 8.22. The highest BCUT2D eigenvalue weighted by molar-refractivity contribution is 5.95. The number of benzene rings is 1. The van der Waals surface area contributed by atoms with Crippen molar-refractivity contribution in [3.63, 3.8) is 0 Å². The van der Waals surface area contributed by atoms with Gasteiger partial charge in [-0.3, -0.25) is 4.90 Å². The lowest BCUT2D eigenvalue weighted by Crippen LogP contribution is -2.39. The molecule has 0 aliphatic carbocycles. The number of ether oxygens (including phenoxy) is 1. The summed E-state index contributed by atoms with van der Waals surface area (Å²) in [4.78, 5) is 28.1. The molecule has 2 amide bonds. The molecule has 0 radical (unpaired) electrons. The Kier molecular flexibility index (Phi) is 4.52. The first-order chi connectivity index (χ1) is 11.1. The van der Waals surface area contributed by atoms with Gasteiger partial charge in [0.15, 0.2) is 0 Å². The molecule has 2 aliphatic rings. The third kappa shape index (κ3) is 3.17. The highest BCUT2D eigenvalue weighted by atomic mass is 16.5. The number of nitrogens with zero attached hydrogens (tertiary/aromatic N) is 2. The minimum Gasteiger partial charge on any atom is -0.457 e. The molecule has 1 saturated heterocycles. The molecule has 0 aromatic heterocycles. The number of cyclic esters (lactones) is 1. The van der Waals surface area contributed by atoms with Crippen LogP contribution in [0.4, 0.5) is 10.5 Å². The maximum atomic E-state index is 12.4. The van der Waals surface area contributed by atoms with Crippen molar-refractivity contribution in [2.75, 3.05) is 31.5 Å². The van der Waals surface area contributed by atoms with E-state index in [1.54, 1.807) is 12.1 Å². The van der Waals surface area contributed by atoms with E-state index in [0.717, 1.165) is 38.2 Å². The number of likely N-dealkylation sites (N-methyl/N-ethyl adjacent to an activating group) is 1. The van der Waals surface area contributed by atoms with Crippen molar-refractivity contribution in [3.8, 4) is 0 Å². The van der Waals surface area contributed by atoms with E-state index in [1.165, 1.54) is 0 Å². The van der Waals surface area contributed by atoms with Crippen LogP contribution in [0.3, 0.4) is 0 Å². The van der Waals surface area contributed by atoms with Gasteiger partial charge in [-0.2, -0.15) is 0 Å². The monoisotopic (exact) mass is 317 g/mol. The molecule has 1 fully saturated rings. The molecule has 3 rings (SSSR count). The van der Waals surface area contributed by atoms with Crippen LogP contribution in [-0.2, 0) is 11.3 Å². The van der Waals surface area contributed by atoms with Gasteiger partial charge in [-0.05, 0) is 37.7 Å².